The predicted molar refractivity (Wildman–Crippen MR) is 42.4 cm³/mol. The summed E-state index contributed by atoms with van der Waals surface area (Å²) in [5, 5.41) is 0. The Morgan fingerprint density at radius 1 is 1.60 bits per heavy atom. The van der Waals surface area contributed by atoms with Crippen LogP contribution in [0.2, 0.25) is 0 Å². The maximum absolute atomic E-state index is 10.7. The van der Waals surface area contributed by atoms with Gasteiger partial charge in [-0.05, 0) is 18.8 Å². The first-order valence-corrected chi connectivity index (χ1v) is 4.01. The van der Waals surface area contributed by atoms with Crippen LogP contribution < -0.4 is 5.73 Å². The standard InChI is InChI=1S/C8H15NO.H2/c1-6(8(9)10)7-4-2-3-5-7;/h6-7H,2-5H2,1H3,(H2,9,10);1H/t6-;/m0./s1. The van der Waals surface area contributed by atoms with Gasteiger partial charge in [-0.3, -0.25) is 4.79 Å². The van der Waals surface area contributed by atoms with Crippen LogP contribution in [0.5, 0.6) is 0 Å². The maximum Gasteiger partial charge on any atom is 0.220 e. The third-order valence-corrected chi connectivity index (χ3v) is 2.56. The van der Waals surface area contributed by atoms with E-state index in [-0.39, 0.29) is 13.3 Å². The zero-order valence-electron chi connectivity index (χ0n) is 6.47. The van der Waals surface area contributed by atoms with Crippen LogP contribution in [0.25, 0.3) is 0 Å². The number of rotatable bonds is 2. The molecule has 0 heterocycles. The lowest BCUT2D eigenvalue weighted by Gasteiger charge is -2.13. The van der Waals surface area contributed by atoms with E-state index in [1.54, 1.807) is 0 Å². The molecule has 60 valence electrons. The van der Waals surface area contributed by atoms with Crippen molar-refractivity contribution in [1.82, 2.24) is 0 Å². The van der Waals surface area contributed by atoms with Gasteiger partial charge in [-0.15, -0.1) is 0 Å². The van der Waals surface area contributed by atoms with Crippen molar-refractivity contribution in [2.45, 2.75) is 32.6 Å². The molecule has 0 aliphatic heterocycles. The molecule has 1 rings (SSSR count). The lowest BCUT2D eigenvalue weighted by Crippen LogP contribution is -2.25. The highest BCUT2D eigenvalue weighted by atomic mass is 16.1. The second-order valence-electron chi connectivity index (χ2n) is 3.24. The molecule has 0 bridgehead atoms. The van der Waals surface area contributed by atoms with Gasteiger partial charge in [0.2, 0.25) is 5.91 Å². The molecular formula is C8H17NO. The quantitative estimate of drug-likeness (QED) is 0.626. The molecule has 10 heavy (non-hydrogen) atoms. The van der Waals surface area contributed by atoms with Crippen molar-refractivity contribution in [1.29, 1.82) is 0 Å². The van der Waals surface area contributed by atoms with Crippen LogP contribution in [0.3, 0.4) is 0 Å². The fourth-order valence-electron chi connectivity index (χ4n) is 1.69. The first kappa shape index (κ1) is 7.58. The Bertz CT molecular complexity index is 132. The van der Waals surface area contributed by atoms with E-state index in [1.807, 2.05) is 6.92 Å². The topological polar surface area (TPSA) is 43.1 Å². The Balaban J connectivity index is 0.000001000. The molecule has 0 aromatic heterocycles. The molecule has 1 saturated carbocycles. The first-order valence-electron chi connectivity index (χ1n) is 4.01. The zero-order valence-corrected chi connectivity index (χ0v) is 6.47. The van der Waals surface area contributed by atoms with Crippen LogP contribution >= 0.6 is 0 Å². The molecule has 1 aliphatic rings. The number of hydrogen-bond acceptors (Lipinski definition) is 1. The van der Waals surface area contributed by atoms with Crippen LogP contribution in [0, 0.1) is 11.8 Å². The van der Waals surface area contributed by atoms with Crippen LogP contribution in [0.1, 0.15) is 34.0 Å². The van der Waals surface area contributed by atoms with Crippen molar-refractivity contribution >= 4 is 5.91 Å². The molecule has 0 aromatic rings. The van der Waals surface area contributed by atoms with Gasteiger partial charge in [0.1, 0.15) is 0 Å². The van der Waals surface area contributed by atoms with Gasteiger partial charge in [0.15, 0.2) is 0 Å². The molecule has 2 N–H and O–H groups in total. The zero-order chi connectivity index (χ0) is 7.56. The fraction of sp³-hybridized carbons (Fsp3) is 0.875. The highest BCUT2D eigenvalue weighted by Crippen LogP contribution is 2.30. The minimum absolute atomic E-state index is 0. The number of primary amides is 1. The normalized spacial score (nSPS) is 22.9. The summed E-state index contributed by atoms with van der Waals surface area (Å²) >= 11 is 0. The smallest absolute Gasteiger partial charge is 0.220 e. The number of carbonyl (C=O) groups excluding carboxylic acids is 1. The Morgan fingerprint density at radius 3 is 2.50 bits per heavy atom. The van der Waals surface area contributed by atoms with E-state index in [0.29, 0.717) is 5.92 Å². The lowest BCUT2D eigenvalue weighted by molar-refractivity contribution is -0.122. The van der Waals surface area contributed by atoms with Crippen molar-refractivity contribution in [2.75, 3.05) is 0 Å². The fourth-order valence-corrected chi connectivity index (χ4v) is 1.69. The second-order valence-corrected chi connectivity index (χ2v) is 3.24. The molecule has 1 fully saturated rings. The van der Waals surface area contributed by atoms with Crippen LogP contribution in [-0.2, 0) is 4.79 Å². The van der Waals surface area contributed by atoms with E-state index >= 15 is 0 Å². The van der Waals surface area contributed by atoms with Gasteiger partial charge in [0.25, 0.3) is 0 Å². The molecule has 0 aromatic carbocycles. The van der Waals surface area contributed by atoms with Crippen molar-refractivity contribution < 1.29 is 6.22 Å². The van der Waals surface area contributed by atoms with Gasteiger partial charge >= 0.3 is 0 Å². The van der Waals surface area contributed by atoms with E-state index in [4.69, 9.17) is 5.73 Å². The Morgan fingerprint density at radius 2 is 2.10 bits per heavy atom. The van der Waals surface area contributed by atoms with Gasteiger partial charge in [0.05, 0.1) is 0 Å². The molecule has 1 atom stereocenters. The SMILES string of the molecule is C[C@H](C(N)=O)C1CCCC1.[HH]. The van der Waals surface area contributed by atoms with Crippen LogP contribution in [0.4, 0.5) is 0 Å². The van der Waals surface area contributed by atoms with Crippen molar-refractivity contribution in [2.24, 2.45) is 17.6 Å². The third-order valence-electron chi connectivity index (χ3n) is 2.56. The van der Waals surface area contributed by atoms with Gasteiger partial charge in [0, 0.05) is 7.34 Å². The molecule has 0 saturated heterocycles. The molecule has 1 aliphatic carbocycles. The summed E-state index contributed by atoms with van der Waals surface area (Å²) in [4.78, 5) is 10.7. The van der Waals surface area contributed by atoms with Crippen molar-refractivity contribution in [3.05, 3.63) is 0 Å². The summed E-state index contributed by atoms with van der Waals surface area (Å²) in [6, 6.07) is 0. The third kappa shape index (κ3) is 1.49. The van der Waals surface area contributed by atoms with Crippen LogP contribution in [0.15, 0.2) is 0 Å². The van der Waals surface area contributed by atoms with Gasteiger partial charge < -0.3 is 5.73 Å². The summed E-state index contributed by atoms with van der Waals surface area (Å²) in [6.07, 6.45) is 4.96. The largest absolute Gasteiger partial charge is 0.369 e. The predicted octanol–water partition coefficient (Wildman–Crippen LogP) is 1.54. The van der Waals surface area contributed by atoms with Gasteiger partial charge in [-0.2, -0.15) is 0 Å². The summed E-state index contributed by atoms with van der Waals surface area (Å²) < 4.78 is 0. The second kappa shape index (κ2) is 3.04. The molecule has 1 amide bonds. The highest BCUT2D eigenvalue weighted by molar-refractivity contribution is 5.76. The average Bonchev–Trinajstić information content (AvgIpc) is 2.36. The average molecular weight is 143 g/mol. The molecule has 0 spiro atoms. The number of hydrogen-bond donors (Lipinski definition) is 1. The van der Waals surface area contributed by atoms with E-state index in [0.717, 1.165) is 0 Å². The van der Waals surface area contributed by atoms with Crippen molar-refractivity contribution in [3.63, 3.8) is 0 Å². The van der Waals surface area contributed by atoms with E-state index in [1.165, 1.54) is 25.7 Å². The van der Waals surface area contributed by atoms with E-state index in [2.05, 4.69) is 0 Å². The number of amides is 1. The summed E-state index contributed by atoms with van der Waals surface area (Å²) in [5.41, 5.74) is 5.18. The highest BCUT2D eigenvalue weighted by Gasteiger charge is 2.24. The molecule has 2 heteroatoms. The summed E-state index contributed by atoms with van der Waals surface area (Å²) in [7, 11) is 0. The van der Waals surface area contributed by atoms with Crippen molar-refractivity contribution in [3.8, 4) is 0 Å². The maximum atomic E-state index is 10.7. The molecule has 2 nitrogen and oxygen atoms in total. The monoisotopic (exact) mass is 143 g/mol. The van der Waals surface area contributed by atoms with E-state index in [9.17, 15) is 4.79 Å². The molecule has 0 radical (unpaired) electrons. The Hall–Kier alpha value is -0.530. The minimum atomic E-state index is -0.132. The summed E-state index contributed by atoms with van der Waals surface area (Å²) in [5.74, 6) is 0.548. The number of carbonyl (C=O) groups is 1. The first-order chi connectivity index (χ1) is 4.72. The van der Waals surface area contributed by atoms with Crippen LogP contribution in [-0.4, -0.2) is 5.91 Å². The van der Waals surface area contributed by atoms with E-state index < -0.39 is 0 Å². The minimum Gasteiger partial charge on any atom is -0.369 e. The molecule has 0 unspecified atom stereocenters. The molecular weight excluding hydrogens is 126 g/mol. The number of nitrogens with two attached hydrogens (primary N) is 1. The summed E-state index contributed by atoms with van der Waals surface area (Å²) in [6.45, 7) is 1.94. The van der Waals surface area contributed by atoms with Gasteiger partial charge in [-0.25, -0.2) is 0 Å². The van der Waals surface area contributed by atoms with Gasteiger partial charge in [-0.1, -0.05) is 19.8 Å². The Labute approximate surface area is 63.3 Å². The Kier molecular flexibility index (Phi) is 2.30. The lowest BCUT2D eigenvalue weighted by atomic mass is 9.92.